The van der Waals surface area contributed by atoms with E-state index in [2.05, 4.69) is 4.90 Å². The fraction of sp³-hybridized carbons (Fsp3) is 0.667. The Bertz CT molecular complexity index is 781. The Hall–Kier alpha value is -2.04. The second-order valence-corrected chi connectivity index (χ2v) is 10.1. The number of benzene rings is 1. The van der Waals surface area contributed by atoms with Crippen LogP contribution in [0.5, 0.6) is 0 Å². The molecule has 0 N–H and O–H groups in total. The topological polar surface area (TPSA) is 49.9 Å². The van der Waals surface area contributed by atoms with Gasteiger partial charge in [0.25, 0.3) is 5.91 Å². The van der Waals surface area contributed by atoms with Gasteiger partial charge >= 0.3 is 6.09 Å². The van der Waals surface area contributed by atoms with Crippen molar-refractivity contribution in [1.29, 1.82) is 0 Å². The van der Waals surface area contributed by atoms with Crippen LogP contribution in [0.4, 0.5) is 10.5 Å². The Labute approximate surface area is 174 Å². The number of hydrogen-bond donors (Lipinski definition) is 0. The molecule has 1 aliphatic carbocycles. The molecule has 1 saturated carbocycles. The predicted octanol–water partition coefficient (Wildman–Crippen LogP) is 5.03. The van der Waals surface area contributed by atoms with E-state index in [4.69, 9.17) is 4.74 Å². The van der Waals surface area contributed by atoms with Crippen LogP contribution in [0.25, 0.3) is 0 Å². The van der Waals surface area contributed by atoms with Gasteiger partial charge in [-0.15, -0.1) is 0 Å². The molecule has 5 nitrogen and oxygen atoms in total. The summed E-state index contributed by atoms with van der Waals surface area (Å²) in [4.78, 5) is 29.7. The van der Waals surface area contributed by atoms with Crippen LogP contribution in [0.3, 0.4) is 0 Å². The van der Waals surface area contributed by atoms with Crippen molar-refractivity contribution in [2.75, 3.05) is 24.6 Å². The lowest BCUT2D eigenvalue weighted by Crippen LogP contribution is -2.49. The van der Waals surface area contributed by atoms with Crippen molar-refractivity contribution in [2.24, 2.45) is 11.3 Å². The van der Waals surface area contributed by atoms with Crippen molar-refractivity contribution in [3.05, 3.63) is 29.3 Å². The maximum atomic E-state index is 13.3. The van der Waals surface area contributed by atoms with Gasteiger partial charge < -0.3 is 9.64 Å². The zero-order chi connectivity index (χ0) is 20.6. The van der Waals surface area contributed by atoms with Crippen molar-refractivity contribution in [3.8, 4) is 0 Å². The molecule has 3 aliphatic rings. The van der Waals surface area contributed by atoms with Crippen LogP contribution in [-0.2, 0) is 11.2 Å². The van der Waals surface area contributed by atoms with Crippen molar-refractivity contribution in [2.45, 2.75) is 71.8 Å². The van der Waals surface area contributed by atoms with Crippen molar-refractivity contribution in [3.63, 3.8) is 0 Å². The Balaban J connectivity index is 1.47. The van der Waals surface area contributed by atoms with Gasteiger partial charge in [0.2, 0.25) is 0 Å². The molecule has 29 heavy (non-hydrogen) atoms. The summed E-state index contributed by atoms with van der Waals surface area (Å²) in [5.41, 5.74) is 2.66. The van der Waals surface area contributed by atoms with Gasteiger partial charge in [0.1, 0.15) is 0 Å². The average Bonchev–Trinajstić information content (AvgIpc) is 3.14. The van der Waals surface area contributed by atoms with E-state index in [-0.39, 0.29) is 17.4 Å². The number of amides is 2. The maximum Gasteiger partial charge on any atom is 0.414 e. The highest BCUT2D eigenvalue weighted by molar-refractivity contribution is 5.97. The molecule has 2 amide bonds. The maximum absolute atomic E-state index is 13.3. The van der Waals surface area contributed by atoms with E-state index < -0.39 is 0 Å². The number of carbonyl (C=O) groups excluding carboxylic acids is 2. The van der Waals surface area contributed by atoms with E-state index in [0.717, 1.165) is 42.6 Å². The van der Waals surface area contributed by atoms with Crippen molar-refractivity contribution >= 4 is 17.7 Å². The lowest BCUT2D eigenvalue weighted by Gasteiger charge is -2.44. The summed E-state index contributed by atoms with van der Waals surface area (Å²) in [7, 11) is 0. The summed E-state index contributed by atoms with van der Waals surface area (Å²) < 4.78 is 5.49. The van der Waals surface area contributed by atoms with E-state index in [1.165, 1.54) is 25.7 Å². The van der Waals surface area contributed by atoms with Gasteiger partial charge in [-0.3, -0.25) is 9.69 Å². The van der Waals surface area contributed by atoms with Crippen LogP contribution in [0.15, 0.2) is 18.2 Å². The zero-order valence-electron chi connectivity index (χ0n) is 18.1. The van der Waals surface area contributed by atoms with Gasteiger partial charge in [-0.25, -0.2) is 4.79 Å². The summed E-state index contributed by atoms with van der Waals surface area (Å²) in [6.45, 7) is 8.03. The number of piperidine rings is 1. The fourth-order valence-electron chi connectivity index (χ4n) is 5.12. The highest BCUT2D eigenvalue weighted by atomic mass is 16.6. The quantitative estimate of drug-likeness (QED) is 0.702. The first kappa shape index (κ1) is 20.2. The second kappa shape index (κ2) is 8.00. The molecule has 1 aromatic rings. The fourth-order valence-corrected chi connectivity index (χ4v) is 5.12. The Morgan fingerprint density at radius 2 is 1.83 bits per heavy atom. The molecular formula is C24H34N2O3. The minimum atomic E-state index is -0.293. The molecule has 0 aromatic heterocycles. The predicted molar refractivity (Wildman–Crippen MR) is 114 cm³/mol. The minimum absolute atomic E-state index is 0.0556. The summed E-state index contributed by atoms with van der Waals surface area (Å²) in [5.74, 6) is 0.849. The number of nitrogens with zero attached hydrogens (tertiary/aromatic N) is 2. The van der Waals surface area contributed by atoms with Crippen LogP contribution in [0.1, 0.15) is 75.2 Å². The van der Waals surface area contributed by atoms with Gasteiger partial charge in [0.05, 0.1) is 12.3 Å². The van der Waals surface area contributed by atoms with Gasteiger partial charge in [0.15, 0.2) is 0 Å². The summed E-state index contributed by atoms with van der Waals surface area (Å²) in [6.07, 6.45) is 7.82. The van der Waals surface area contributed by atoms with Gasteiger partial charge in [-0.2, -0.15) is 0 Å². The zero-order valence-corrected chi connectivity index (χ0v) is 18.1. The second-order valence-electron chi connectivity index (χ2n) is 10.1. The monoisotopic (exact) mass is 398 g/mol. The Kier molecular flexibility index (Phi) is 5.58. The molecule has 0 radical (unpaired) electrons. The van der Waals surface area contributed by atoms with Gasteiger partial charge in [-0.05, 0) is 67.2 Å². The first-order valence-corrected chi connectivity index (χ1v) is 11.2. The first-order chi connectivity index (χ1) is 13.8. The number of rotatable bonds is 2. The molecule has 2 heterocycles. The molecular weight excluding hydrogens is 364 g/mol. The number of anilines is 1. The Morgan fingerprint density at radius 3 is 2.62 bits per heavy atom. The lowest BCUT2D eigenvalue weighted by atomic mass is 9.78. The third-order valence-electron chi connectivity index (χ3n) is 6.58. The normalized spacial score (nSPS) is 24.1. The van der Waals surface area contributed by atoms with Crippen LogP contribution in [0, 0.1) is 11.3 Å². The highest BCUT2D eigenvalue weighted by Crippen LogP contribution is 2.37. The summed E-state index contributed by atoms with van der Waals surface area (Å²) in [6, 6.07) is 6.24. The molecule has 4 rings (SSSR count). The number of likely N-dealkylation sites (tertiary alicyclic amines) is 1. The van der Waals surface area contributed by atoms with E-state index in [1.54, 1.807) is 4.90 Å². The van der Waals surface area contributed by atoms with Crippen LogP contribution >= 0.6 is 0 Å². The van der Waals surface area contributed by atoms with Crippen molar-refractivity contribution in [1.82, 2.24) is 4.90 Å². The average molecular weight is 399 g/mol. The molecule has 5 heteroatoms. The molecule has 1 aromatic carbocycles. The molecule has 1 saturated heterocycles. The molecule has 0 unspecified atom stereocenters. The Morgan fingerprint density at radius 1 is 1.07 bits per heavy atom. The van der Waals surface area contributed by atoms with Crippen molar-refractivity contribution < 1.29 is 14.3 Å². The van der Waals surface area contributed by atoms with E-state index in [1.807, 2.05) is 39.0 Å². The molecule has 2 fully saturated rings. The minimum Gasteiger partial charge on any atom is -0.449 e. The largest absolute Gasteiger partial charge is 0.449 e. The van der Waals surface area contributed by atoms with E-state index in [9.17, 15) is 9.59 Å². The standard InChI is InChI=1S/C24H34N2O3/c1-24(2,3)16-29-23(28)26-14-12-18-15-19(10-11-21(18)26)22(27)25-13-6-8-17-7-4-5-9-20(17)25/h10-11,15,17,20H,4-9,12-14,16H2,1-3H3/t17-,20-/m1/s1. The third kappa shape index (κ3) is 4.29. The third-order valence-corrected chi connectivity index (χ3v) is 6.58. The van der Waals surface area contributed by atoms with E-state index in [0.29, 0.717) is 25.1 Å². The van der Waals surface area contributed by atoms with E-state index >= 15 is 0 Å². The number of ether oxygens (including phenoxy) is 1. The molecule has 158 valence electrons. The number of carbonyl (C=O) groups is 2. The highest BCUT2D eigenvalue weighted by Gasteiger charge is 2.36. The van der Waals surface area contributed by atoms with Crippen LogP contribution < -0.4 is 4.90 Å². The molecule has 0 bridgehead atoms. The molecule has 2 atom stereocenters. The SMILES string of the molecule is CC(C)(C)COC(=O)N1CCc2cc(C(=O)N3CCC[C@H]4CCCC[C@H]43)ccc21. The van der Waals surface area contributed by atoms with Gasteiger partial charge in [-0.1, -0.05) is 33.6 Å². The summed E-state index contributed by atoms with van der Waals surface area (Å²) in [5, 5.41) is 0. The van der Waals surface area contributed by atoms with Gasteiger partial charge in [0, 0.05) is 24.7 Å². The first-order valence-electron chi connectivity index (χ1n) is 11.2. The smallest absolute Gasteiger partial charge is 0.414 e. The number of hydrogen-bond acceptors (Lipinski definition) is 3. The van der Waals surface area contributed by atoms with Crippen LogP contribution in [0.2, 0.25) is 0 Å². The molecule has 2 aliphatic heterocycles. The number of fused-ring (bicyclic) bond motifs is 2. The lowest BCUT2D eigenvalue weighted by molar-refractivity contribution is 0.0390. The summed E-state index contributed by atoms with van der Waals surface area (Å²) >= 11 is 0. The van der Waals surface area contributed by atoms with Crippen LogP contribution in [-0.4, -0.2) is 42.6 Å². The molecule has 0 spiro atoms.